The molecule has 4 amide bonds. The molecule has 8 bridgehead atoms. The fourth-order valence-corrected chi connectivity index (χ4v) is 18.6. The molecule has 27 heteroatoms. The van der Waals surface area contributed by atoms with Gasteiger partial charge in [0.05, 0.1) is 59.5 Å². The minimum Gasteiger partial charge on any atom is -0.493 e. The standard InChI is InChI=1S/C24H25N3O3.C22H27N3O4.C20H22BrN3O3.C20H22ClN3O3/c1-2-29-23-22(19-8-4-3-7-16(19)14-26-23)24(28)27-18-10-11-20(27)17(13-18)15-30-21-9-5-6-12-25-21;1-3-27-18-10-12-24-21(28-4-2)20(18)22(26)25-16-8-9-17(25)15(13-16)14-29-19-7-5-6-11-23-19;1-2-26-19-18(15(21)8-10-23-19)20(25)24-14-6-7-16(24)13(11-14)12-27-17-5-3-4-9-22-17;1-2-26-16-8-10-23-19(21)18(16)20(25)24-14-6-7-15(24)13(11-14)12-27-17-5-3-4-9-22-17/h3-9,12,14,17-18,20H,2,10-11,13,15H2,1H3;5-7,10-12,15-17H,3-4,8-9,13-14H2,1-2H3;3-5,8-10,13-14,16H,2,6-7,11-12H2,1H3;3-5,8-10,13-15H,2,6-7,11-12H2,1H3. The fourth-order valence-electron chi connectivity index (χ4n) is 17.9. The number of hydrogen-bond donors (Lipinski definition) is 0. The van der Waals surface area contributed by atoms with Gasteiger partial charge >= 0.3 is 0 Å². The zero-order chi connectivity index (χ0) is 78.3. The first-order chi connectivity index (χ1) is 55.4. The molecule has 17 rings (SSSR count). The maximum atomic E-state index is 13.8. The van der Waals surface area contributed by atoms with Crippen LogP contribution < -0.4 is 42.6 Å². The monoisotopic (exact) mass is 1620 g/mol. The minimum atomic E-state index is -0.0932. The van der Waals surface area contributed by atoms with Crippen LogP contribution in [0.5, 0.6) is 52.7 Å². The van der Waals surface area contributed by atoms with Crippen LogP contribution in [-0.4, -0.2) is 191 Å². The lowest BCUT2D eigenvalue weighted by molar-refractivity contribution is 0.0692. The molecule has 25 nitrogen and oxygen atoms in total. The van der Waals surface area contributed by atoms with E-state index >= 15 is 0 Å². The van der Waals surface area contributed by atoms with E-state index in [9.17, 15) is 19.2 Å². The van der Waals surface area contributed by atoms with E-state index < -0.39 is 0 Å². The smallest absolute Gasteiger partial charge is 0.263 e. The van der Waals surface area contributed by atoms with Gasteiger partial charge in [0, 0.05) is 161 Å². The Labute approximate surface area is 671 Å². The maximum absolute atomic E-state index is 13.8. The zero-order valence-corrected chi connectivity index (χ0v) is 66.6. The molecule has 9 aromatic rings. The highest BCUT2D eigenvalue weighted by Gasteiger charge is 2.54. The van der Waals surface area contributed by atoms with Crippen molar-refractivity contribution in [2.24, 2.45) is 23.7 Å². The Morgan fingerprint density at radius 3 is 1.09 bits per heavy atom. The Morgan fingerprint density at radius 2 is 0.690 bits per heavy atom. The van der Waals surface area contributed by atoms with Gasteiger partial charge in [0.2, 0.25) is 41.2 Å². The molecule has 113 heavy (non-hydrogen) atoms. The van der Waals surface area contributed by atoms with Crippen molar-refractivity contribution < 1.29 is 61.8 Å². The van der Waals surface area contributed by atoms with Crippen molar-refractivity contribution in [2.75, 3.05) is 59.5 Å². The molecule has 8 aliphatic rings. The van der Waals surface area contributed by atoms with Crippen molar-refractivity contribution in [1.29, 1.82) is 0 Å². The van der Waals surface area contributed by atoms with Crippen molar-refractivity contribution in [3.8, 4) is 52.7 Å². The maximum Gasteiger partial charge on any atom is 0.263 e. The average Bonchev–Trinajstić information content (AvgIpc) is 1.63. The number of hydrogen-bond acceptors (Lipinski definition) is 21. The van der Waals surface area contributed by atoms with Gasteiger partial charge in [0.1, 0.15) is 38.9 Å². The summed E-state index contributed by atoms with van der Waals surface area (Å²) in [6, 6.07) is 37.2. The van der Waals surface area contributed by atoms with E-state index in [0.717, 1.165) is 92.3 Å². The van der Waals surface area contributed by atoms with E-state index in [2.05, 4.69) is 60.7 Å². The van der Waals surface area contributed by atoms with Gasteiger partial charge in [-0.1, -0.05) is 60.1 Å². The number of benzene rings is 1. The predicted molar refractivity (Wildman–Crippen MR) is 426 cm³/mol. The summed E-state index contributed by atoms with van der Waals surface area (Å²) in [5.74, 6) is 5.78. The topological polar surface area (TPSA) is 267 Å². The summed E-state index contributed by atoms with van der Waals surface area (Å²) in [6.07, 6.45) is 25.4. The van der Waals surface area contributed by atoms with Crippen molar-refractivity contribution in [3.05, 3.63) is 197 Å². The molecule has 12 unspecified atom stereocenters. The third-order valence-electron chi connectivity index (χ3n) is 22.6. The molecular formula is C86H96BrClN12O13. The summed E-state index contributed by atoms with van der Waals surface area (Å²) in [7, 11) is 0. The highest BCUT2D eigenvalue weighted by atomic mass is 79.9. The Morgan fingerprint density at radius 1 is 0.354 bits per heavy atom. The number of ether oxygens (including phenoxy) is 9. The van der Waals surface area contributed by atoms with Gasteiger partial charge in [-0.05, 0) is 170 Å². The van der Waals surface area contributed by atoms with Crippen LogP contribution in [0.3, 0.4) is 0 Å². The number of rotatable bonds is 26. The summed E-state index contributed by atoms with van der Waals surface area (Å²) in [4.78, 5) is 96.1. The molecule has 0 N–H and O–H groups in total. The van der Waals surface area contributed by atoms with E-state index in [4.69, 9.17) is 54.2 Å². The Bertz CT molecular complexity index is 4550. The van der Waals surface area contributed by atoms with E-state index in [1.54, 1.807) is 67.8 Å². The third-order valence-corrected chi connectivity index (χ3v) is 23.6. The Hall–Kier alpha value is -10.5. The van der Waals surface area contributed by atoms with Gasteiger partial charge in [0.25, 0.3) is 23.6 Å². The molecule has 12 atom stereocenters. The predicted octanol–water partition coefficient (Wildman–Crippen LogP) is 14.8. The number of nitrogens with zero attached hydrogens (tertiary/aromatic N) is 12. The van der Waals surface area contributed by atoms with Crippen LogP contribution in [0.1, 0.15) is 153 Å². The zero-order valence-electron chi connectivity index (χ0n) is 64.3. The first-order valence-electron chi connectivity index (χ1n) is 39.6. The van der Waals surface area contributed by atoms with Gasteiger partial charge in [-0.2, -0.15) is 0 Å². The molecule has 0 spiro atoms. The molecule has 1 aromatic carbocycles. The summed E-state index contributed by atoms with van der Waals surface area (Å²) in [6.45, 7) is 14.1. The highest BCUT2D eigenvalue weighted by molar-refractivity contribution is 9.10. The number of fused-ring (bicyclic) bond motifs is 9. The van der Waals surface area contributed by atoms with Crippen molar-refractivity contribution in [2.45, 2.75) is 160 Å². The molecule has 0 radical (unpaired) electrons. The second-order valence-corrected chi connectivity index (χ2v) is 30.3. The van der Waals surface area contributed by atoms with Crippen LogP contribution >= 0.6 is 27.5 Å². The lowest BCUT2D eigenvalue weighted by atomic mass is 9.90. The quantitative estimate of drug-likeness (QED) is 0.0456. The lowest BCUT2D eigenvalue weighted by Crippen LogP contribution is -2.38. The lowest BCUT2D eigenvalue weighted by Gasteiger charge is -2.26. The van der Waals surface area contributed by atoms with Gasteiger partial charge in [-0.15, -0.1) is 0 Å². The van der Waals surface area contributed by atoms with Crippen molar-refractivity contribution >= 4 is 61.9 Å². The van der Waals surface area contributed by atoms with Crippen molar-refractivity contribution in [1.82, 2.24) is 59.5 Å². The highest BCUT2D eigenvalue weighted by Crippen LogP contribution is 2.49. The second-order valence-electron chi connectivity index (χ2n) is 29.1. The van der Waals surface area contributed by atoms with Crippen LogP contribution in [0.4, 0.5) is 0 Å². The number of aromatic nitrogens is 8. The normalized spacial score (nSPS) is 23.0. The molecule has 8 fully saturated rings. The molecular weight excluding hydrogens is 1520 g/mol. The summed E-state index contributed by atoms with van der Waals surface area (Å²) in [5, 5.41) is 2.04. The fraction of sp³-hybridized carbons (Fsp3) is 0.442. The molecule has 8 aliphatic heterocycles. The number of pyridine rings is 8. The third kappa shape index (κ3) is 17.7. The van der Waals surface area contributed by atoms with Gasteiger partial charge in [0.15, 0.2) is 0 Å². The minimum absolute atomic E-state index is 0.00809. The summed E-state index contributed by atoms with van der Waals surface area (Å²) in [5.41, 5.74) is 1.89. The second kappa shape index (κ2) is 37.4. The van der Waals surface area contributed by atoms with E-state index in [-0.39, 0.29) is 77.1 Å². The molecule has 8 aromatic heterocycles. The van der Waals surface area contributed by atoms with Gasteiger partial charge in [-0.3, -0.25) is 19.2 Å². The summed E-state index contributed by atoms with van der Waals surface area (Å²) < 4.78 is 52.6. The number of amides is 4. The van der Waals surface area contributed by atoms with Gasteiger partial charge < -0.3 is 62.2 Å². The van der Waals surface area contributed by atoms with Gasteiger partial charge in [-0.25, -0.2) is 39.9 Å². The van der Waals surface area contributed by atoms with Crippen molar-refractivity contribution in [3.63, 3.8) is 0 Å². The van der Waals surface area contributed by atoms with E-state index in [1.165, 1.54) is 0 Å². The number of carbonyl (C=O) groups is 4. The first-order valence-corrected chi connectivity index (χ1v) is 40.8. The average molecular weight is 1620 g/mol. The van der Waals surface area contributed by atoms with Crippen LogP contribution in [0.25, 0.3) is 10.8 Å². The van der Waals surface area contributed by atoms with E-state index in [1.807, 2.05) is 146 Å². The largest absolute Gasteiger partial charge is 0.493 e. The number of halogens is 2. The Balaban J connectivity index is 0.000000125. The molecule has 0 aliphatic carbocycles. The molecule has 16 heterocycles. The van der Waals surface area contributed by atoms with Crippen LogP contribution in [-0.2, 0) is 0 Å². The SMILES string of the molecule is CCOc1ccnc(Cl)c1C(=O)N1C2CCC1C(COc1ccccn1)C2.CCOc1ccnc(OCC)c1C(=O)N1C2CCC1C(COc1ccccn1)C2.CCOc1ncc2ccccc2c1C(=O)N1C2CCC1C(COc1ccccn1)C2.CCOc1nccc(Br)c1C(=O)N1C2CCC1C(COc1ccccn1)C2. The molecule has 8 saturated heterocycles. The molecule has 0 saturated carbocycles. The molecule has 592 valence electrons. The Kier molecular flexibility index (Phi) is 26.2. The number of carbonyl (C=O) groups excluding carboxylic acids is 4. The van der Waals surface area contributed by atoms with Crippen LogP contribution in [0.2, 0.25) is 5.15 Å². The first kappa shape index (κ1) is 79.2. The van der Waals surface area contributed by atoms with Crippen LogP contribution in [0.15, 0.2) is 169 Å². The van der Waals surface area contributed by atoms with Crippen LogP contribution in [0, 0.1) is 23.7 Å². The summed E-state index contributed by atoms with van der Waals surface area (Å²) >= 11 is 9.76. The van der Waals surface area contributed by atoms with E-state index in [0.29, 0.717) is 158 Å².